The molecule has 0 heterocycles. The van der Waals surface area contributed by atoms with Crippen molar-refractivity contribution in [2.45, 2.75) is 12.6 Å². The fourth-order valence-electron chi connectivity index (χ4n) is 1.23. The summed E-state index contributed by atoms with van der Waals surface area (Å²) in [5, 5.41) is 8.59. The highest BCUT2D eigenvalue weighted by molar-refractivity contribution is 7.37. The molecular formula is C9H11O4P. The summed E-state index contributed by atoms with van der Waals surface area (Å²) < 4.78 is 10.6. The first kappa shape index (κ1) is 11.0. The number of carboxylic acids is 1. The van der Waals surface area contributed by atoms with Gasteiger partial charge < -0.3 is 10.00 Å². The van der Waals surface area contributed by atoms with Crippen molar-refractivity contribution >= 4 is 14.0 Å². The molecule has 0 radical (unpaired) electrons. The lowest BCUT2D eigenvalue weighted by Gasteiger charge is -2.04. The number of aliphatic carboxylic acids is 1. The zero-order valence-corrected chi connectivity index (χ0v) is 8.43. The molecule has 0 amide bonds. The van der Waals surface area contributed by atoms with Crippen LogP contribution in [-0.4, -0.2) is 16.0 Å². The van der Waals surface area contributed by atoms with E-state index in [1.807, 2.05) is 0 Å². The van der Waals surface area contributed by atoms with Gasteiger partial charge in [0.15, 0.2) is 8.03 Å². The fraction of sp³-hybridized carbons (Fsp3) is 0.222. The Morgan fingerprint density at radius 1 is 1.29 bits per heavy atom. The Kier molecular flexibility index (Phi) is 3.86. The quantitative estimate of drug-likeness (QED) is 0.740. The molecule has 0 aromatic heterocycles. The molecule has 1 aromatic rings. The smallest absolute Gasteiger partial charge is 0.307 e. The van der Waals surface area contributed by atoms with Gasteiger partial charge in [0.1, 0.15) is 0 Å². The van der Waals surface area contributed by atoms with Gasteiger partial charge in [-0.15, -0.1) is 0 Å². The van der Waals surface area contributed by atoms with E-state index in [0.717, 1.165) is 0 Å². The molecular weight excluding hydrogens is 203 g/mol. The van der Waals surface area contributed by atoms with Crippen molar-refractivity contribution in [2.24, 2.45) is 0 Å². The average Bonchev–Trinajstić information content (AvgIpc) is 2.06. The molecule has 14 heavy (non-hydrogen) atoms. The van der Waals surface area contributed by atoms with E-state index in [4.69, 9.17) is 10.00 Å². The van der Waals surface area contributed by atoms with Gasteiger partial charge in [-0.3, -0.25) is 9.36 Å². The second-order valence-corrected chi connectivity index (χ2v) is 4.05. The van der Waals surface area contributed by atoms with Crippen LogP contribution in [0.15, 0.2) is 24.3 Å². The van der Waals surface area contributed by atoms with Crippen LogP contribution in [0.5, 0.6) is 0 Å². The van der Waals surface area contributed by atoms with Crippen LogP contribution in [0.2, 0.25) is 0 Å². The van der Waals surface area contributed by atoms with Crippen molar-refractivity contribution in [3.63, 3.8) is 0 Å². The molecule has 5 heteroatoms. The minimum Gasteiger partial charge on any atom is -0.481 e. The lowest BCUT2D eigenvalue weighted by Crippen LogP contribution is -2.02. The highest BCUT2D eigenvalue weighted by Gasteiger charge is 2.07. The first-order chi connectivity index (χ1) is 6.59. The number of carbonyl (C=O) groups is 1. The van der Waals surface area contributed by atoms with Gasteiger partial charge in [0.2, 0.25) is 0 Å². The minimum absolute atomic E-state index is 0.0497. The van der Waals surface area contributed by atoms with Crippen LogP contribution in [0.4, 0.5) is 0 Å². The number of hydrogen-bond acceptors (Lipinski definition) is 2. The molecule has 0 aliphatic carbocycles. The average molecular weight is 214 g/mol. The molecule has 0 spiro atoms. The third kappa shape index (κ3) is 3.32. The highest BCUT2D eigenvalue weighted by atomic mass is 31.1. The normalized spacial score (nSPS) is 12.4. The van der Waals surface area contributed by atoms with E-state index in [0.29, 0.717) is 11.1 Å². The number of rotatable bonds is 4. The van der Waals surface area contributed by atoms with E-state index >= 15 is 0 Å². The molecule has 0 saturated carbocycles. The van der Waals surface area contributed by atoms with Crippen molar-refractivity contribution in [2.75, 3.05) is 0 Å². The van der Waals surface area contributed by atoms with Gasteiger partial charge in [0.25, 0.3) is 0 Å². The van der Waals surface area contributed by atoms with Gasteiger partial charge in [0, 0.05) is 6.16 Å². The summed E-state index contributed by atoms with van der Waals surface area (Å²) >= 11 is 0. The van der Waals surface area contributed by atoms with Crippen LogP contribution in [0, 0.1) is 0 Å². The lowest BCUT2D eigenvalue weighted by atomic mass is 10.1. The van der Waals surface area contributed by atoms with Crippen molar-refractivity contribution < 1.29 is 19.4 Å². The van der Waals surface area contributed by atoms with Crippen molar-refractivity contribution in [1.82, 2.24) is 0 Å². The summed E-state index contributed by atoms with van der Waals surface area (Å²) in [5.41, 5.74) is 1.24. The predicted octanol–water partition coefficient (Wildman–Crippen LogP) is 1.28. The Hall–Kier alpha value is -1.12. The molecule has 76 valence electrons. The molecule has 1 unspecified atom stereocenters. The number of hydrogen-bond donors (Lipinski definition) is 2. The van der Waals surface area contributed by atoms with E-state index < -0.39 is 14.0 Å². The molecule has 1 aromatic carbocycles. The molecule has 0 aliphatic heterocycles. The second-order valence-electron chi connectivity index (χ2n) is 2.91. The Morgan fingerprint density at radius 3 is 2.36 bits per heavy atom. The van der Waals surface area contributed by atoms with Crippen LogP contribution in [0.1, 0.15) is 11.1 Å². The molecule has 4 nitrogen and oxygen atoms in total. The van der Waals surface area contributed by atoms with Crippen LogP contribution in [-0.2, 0) is 21.9 Å². The Morgan fingerprint density at radius 2 is 1.86 bits per heavy atom. The van der Waals surface area contributed by atoms with Gasteiger partial charge in [0.05, 0.1) is 6.42 Å². The third-order valence-corrected chi connectivity index (χ3v) is 2.49. The Bertz CT molecular complexity index is 327. The summed E-state index contributed by atoms with van der Waals surface area (Å²) in [6.45, 7) is 0. The van der Waals surface area contributed by atoms with Crippen LogP contribution >= 0.6 is 8.03 Å². The maximum atomic E-state index is 10.6. The van der Waals surface area contributed by atoms with Gasteiger partial charge in [-0.25, -0.2) is 0 Å². The molecule has 1 atom stereocenters. The molecule has 0 saturated heterocycles. The predicted molar refractivity (Wildman–Crippen MR) is 52.7 cm³/mol. The first-order valence-corrected chi connectivity index (χ1v) is 5.66. The van der Waals surface area contributed by atoms with Gasteiger partial charge >= 0.3 is 5.97 Å². The molecule has 2 N–H and O–H groups in total. The maximum Gasteiger partial charge on any atom is 0.307 e. The zero-order chi connectivity index (χ0) is 10.6. The van der Waals surface area contributed by atoms with Crippen LogP contribution < -0.4 is 0 Å². The maximum absolute atomic E-state index is 10.6. The summed E-state index contributed by atoms with van der Waals surface area (Å²) in [6.07, 6.45) is -0.0561. The van der Waals surface area contributed by atoms with Gasteiger partial charge in [-0.05, 0) is 11.1 Å². The zero-order valence-electron chi connectivity index (χ0n) is 7.43. The largest absolute Gasteiger partial charge is 0.481 e. The van der Waals surface area contributed by atoms with Gasteiger partial charge in [-0.1, -0.05) is 24.3 Å². The third-order valence-electron chi connectivity index (χ3n) is 1.80. The number of benzene rings is 1. The van der Waals surface area contributed by atoms with Crippen LogP contribution in [0.3, 0.4) is 0 Å². The summed E-state index contributed by atoms with van der Waals surface area (Å²) in [6, 6.07) is 6.78. The summed E-state index contributed by atoms with van der Waals surface area (Å²) in [7, 11) is -2.59. The van der Waals surface area contributed by atoms with Crippen LogP contribution in [0.25, 0.3) is 0 Å². The molecule has 0 bridgehead atoms. The summed E-state index contributed by atoms with van der Waals surface area (Å²) in [4.78, 5) is 19.2. The minimum atomic E-state index is -2.59. The van der Waals surface area contributed by atoms with E-state index in [-0.39, 0.29) is 12.6 Å². The molecule has 0 aliphatic rings. The van der Waals surface area contributed by atoms with E-state index in [1.165, 1.54) is 0 Å². The molecule has 1 rings (SSSR count). The lowest BCUT2D eigenvalue weighted by molar-refractivity contribution is -0.136. The van der Waals surface area contributed by atoms with Crippen molar-refractivity contribution in [3.8, 4) is 0 Å². The monoisotopic (exact) mass is 214 g/mol. The Labute approximate surface area is 82.1 Å². The second kappa shape index (κ2) is 4.94. The standard InChI is InChI=1S/C9H11O4P/c10-9(11)5-7-3-1-2-4-8(7)6-14(12)13/h1-4,14H,5-6H2,(H,10,11)(H,12,13). The topological polar surface area (TPSA) is 74.6 Å². The van der Waals surface area contributed by atoms with Gasteiger partial charge in [-0.2, -0.15) is 0 Å². The summed E-state index contributed by atoms with van der Waals surface area (Å²) in [5.74, 6) is -0.935. The van der Waals surface area contributed by atoms with E-state index in [2.05, 4.69) is 0 Å². The first-order valence-electron chi connectivity index (χ1n) is 4.10. The fourth-order valence-corrected chi connectivity index (χ4v) is 1.90. The van der Waals surface area contributed by atoms with E-state index in [1.54, 1.807) is 24.3 Å². The van der Waals surface area contributed by atoms with Crippen molar-refractivity contribution in [1.29, 1.82) is 0 Å². The molecule has 0 fully saturated rings. The number of carboxylic acid groups (broad SMARTS) is 1. The van der Waals surface area contributed by atoms with Crippen molar-refractivity contribution in [3.05, 3.63) is 35.4 Å². The Balaban J connectivity index is 2.90. The SMILES string of the molecule is O=C(O)Cc1ccccc1C[PH](=O)O. The van der Waals surface area contributed by atoms with E-state index in [9.17, 15) is 9.36 Å². The highest BCUT2D eigenvalue weighted by Crippen LogP contribution is 2.23.